The molecule has 0 atom stereocenters. The Morgan fingerprint density at radius 2 is 1.88 bits per heavy atom. The van der Waals surface area contributed by atoms with E-state index < -0.39 is 0 Å². The zero-order valence-corrected chi connectivity index (χ0v) is 9.14. The van der Waals surface area contributed by atoms with Gasteiger partial charge in [-0.15, -0.1) is 0 Å². The Balaban J connectivity index is 2.24. The molecular weight excluding hydrogens is 216 g/mol. The van der Waals surface area contributed by atoms with Gasteiger partial charge in [0.1, 0.15) is 17.3 Å². The van der Waals surface area contributed by atoms with Crippen LogP contribution in [0.25, 0.3) is 5.57 Å². The van der Waals surface area contributed by atoms with Crippen molar-refractivity contribution in [3.8, 4) is 5.75 Å². The van der Waals surface area contributed by atoms with Crippen LogP contribution >= 0.6 is 0 Å². The van der Waals surface area contributed by atoms with E-state index >= 15 is 0 Å². The minimum atomic E-state index is 0.0895. The van der Waals surface area contributed by atoms with Crippen LogP contribution in [0.4, 0.5) is 0 Å². The van der Waals surface area contributed by atoms with E-state index in [1.807, 2.05) is 6.08 Å². The predicted octanol–water partition coefficient (Wildman–Crippen LogP) is 2.99. The highest BCUT2D eigenvalue weighted by Crippen LogP contribution is 2.40. The maximum Gasteiger partial charge on any atom is 0.127 e. The first-order valence-electron chi connectivity index (χ1n) is 5.49. The number of hydrogen-bond acceptors (Lipinski definition) is 3. The van der Waals surface area contributed by atoms with Gasteiger partial charge in [0.25, 0.3) is 0 Å². The van der Waals surface area contributed by atoms with E-state index in [0.717, 1.165) is 22.3 Å². The highest BCUT2D eigenvalue weighted by atomic mass is 16.3. The number of aromatic hydroxyl groups is 1. The van der Waals surface area contributed by atoms with Crippen molar-refractivity contribution in [1.82, 2.24) is 0 Å². The minimum absolute atomic E-state index is 0.0895. The lowest BCUT2D eigenvalue weighted by atomic mass is 9.82. The molecule has 0 spiro atoms. The Hall–Kier alpha value is -2.16. The molecule has 1 aromatic carbocycles. The molecule has 0 radical (unpaired) electrons. The Morgan fingerprint density at radius 3 is 2.71 bits per heavy atom. The third-order valence-electron chi connectivity index (χ3n) is 3.18. The molecule has 3 nitrogen and oxygen atoms in total. The highest BCUT2D eigenvalue weighted by molar-refractivity contribution is 5.87. The van der Waals surface area contributed by atoms with Crippen molar-refractivity contribution in [1.29, 1.82) is 0 Å². The number of benzene rings is 1. The molecule has 3 heteroatoms. The Bertz CT molecular complexity index is 591. The van der Waals surface area contributed by atoms with Crippen LogP contribution in [0.2, 0.25) is 0 Å². The first kappa shape index (κ1) is 10.0. The lowest BCUT2D eigenvalue weighted by Gasteiger charge is -2.24. The summed E-state index contributed by atoms with van der Waals surface area (Å²) in [4.78, 5) is 0. The first-order chi connectivity index (χ1) is 8.15. The summed E-state index contributed by atoms with van der Waals surface area (Å²) in [5.74, 6) is 0.501. The SMILES string of the molecule is OC1=CC(O)=C2C(=CCc3cc(O)ccc32)C1. The molecule has 1 aromatic rings. The summed E-state index contributed by atoms with van der Waals surface area (Å²) in [7, 11) is 0. The lowest BCUT2D eigenvalue weighted by Crippen LogP contribution is -2.08. The Labute approximate surface area is 98.7 Å². The van der Waals surface area contributed by atoms with E-state index in [2.05, 4.69) is 0 Å². The van der Waals surface area contributed by atoms with E-state index in [1.54, 1.807) is 18.2 Å². The normalized spacial score (nSPS) is 18.1. The maximum absolute atomic E-state index is 9.93. The second kappa shape index (κ2) is 3.42. The first-order valence-corrected chi connectivity index (χ1v) is 5.49. The topological polar surface area (TPSA) is 60.7 Å². The van der Waals surface area contributed by atoms with Crippen LogP contribution in [0.15, 0.2) is 47.4 Å². The van der Waals surface area contributed by atoms with Gasteiger partial charge in [0, 0.05) is 18.1 Å². The number of aliphatic hydroxyl groups is 2. The molecule has 3 rings (SSSR count). The van der Waals surface area contributed by atoms with E-state index in [0.29, 0.717) is 12.8 Å². The molecular formula is C14H12O3. The number of fused-ring (bicyclic) bond motifs is 3. The zero-order valence-electron chi connectivity index (χ0n) is 9.14. The predicted molar refractivity (Wildman–Crippen MR) is 64.8 cm³/mol. The van der Waals surface area contributed by atoms with Crippen molar-refractivity contribution in [2.24, 2.45) is 0 Å². The van der Waals surface area contributed by atoms with Crippen LogP contribution in [0.3, 0.4) is 0 Å². The fraction of sp³-hybridized carbons (Fsp3) is 0.143. The Kier molecular flexibility index (Phi) is 2.01. The monoisotopic (exact) mass is 228 g/mol. The van der Waals surface area contributed by atoms with Gasteiger partial charge in [-0.2, -0.15) is 0 Å². The van der Waals surface area contributed by atoms with Crippen LogP contribution in [-0.4, -0.2) is 15.3 Å². The molecule has 0 aromatic heterocycles. The minimum Gasteiger partial charge on any atom is -0.512 e. The molecule has 0 heterocycles. The van der Waals surface area contributed by atoms with Crippen LogP contribution < -0.4 is 0 Å². The Morgan fingerprint density at radius 1 is 1.06 bits per heavy atom. The summed E-state index contributed by atoms with van der Waals surface area (Å²) in [6.07, 6.45) is 4.54. The summed E-state index contributed by atoms with van der Waals surface area (Å²) in [5, 5.41) is 28.9. The van der Waals surface area contributed by atoms with Crippen molar-refractivity contribution in [2.75, 3.05) is 0 Å². The van der Waals surface area contributed by atoms with E-state index in [1.165, 1.54) is 6.08 Å². The van der Waals surface area contributed by atoms with Gasteiger partial charge in [-0.3, -0.25) is 0 Å². The summed E-state index contributed by atoms with van der Waals surface area (Å²) in [6.45, 7) is 0. The molecule has 2 aliphatic rings. The highest BCUT2D eigenvalue weighted by Gasteiger charge is 2.24. The second-order valence-corrected chi connectivity index (χ2v) is 4.35. The number of phenolic OH excluding ortho intramolecular Hbond substituents is 1. The maximum atomic E-state index is 9.93. The standard InChI is InChI=1S/C14H12O3/c15-10-3-4-12-8(5-10)1-2-9-6-11(16)7-13(17)14(9)12/h2-5,7,15-17H,1,6H2. The van der Waals surface area contributed by atoms with Gasteiger partial charge in [-0.25, -0.2) is 0 Å². The van der Waals surface area contributed by atoms with Gasteiger partial charge in [-0.1, -0.05) is 12.1 Å². The number of aliphatic hydroxyl groups excluding tert-OH is 2. The molecule has 3 N–H and O–H groups in total. The average Bonchev–Trinajstić information content (AvgIpc) is 2.28. The molecule has 0 saturated carbocycles. The van der Waals surface area contributed by atoms with Crippen molar-refractivity contribution < 1.29 is 15.3 Å². The number of hydrogen-bond donors (Lipinski definition) is 3. The fourth-order valence-electron chi connectivity index (χ4n) is 2.44. The third kappa shape index (κ3) is 1.51. The fourth-order valence-corrected chi connectivity index (χ4v) is 2.44. The third-order valence-corrected chi connectivity index (χ3v) is 3.18. The molecule has 17 heavy (non-hydrogen) atoms. The molecule has 0 saturated heterocycles. The van der Waals surface area contributed by atoms with Gasteiger partial charge in [0.15, 0.2) is 0 Å². The van der Waals surface area contributed by atoms with Crippen molar-refractivity contribution >= 4 is 5.57 Å². The van der Waals surface area contributed by atoms with Crippen LogP contribution in [-0.2, 0) is 6.42 Å². The number of allylic oxidation sites excluding steroid dienone is 4. The molecule has 0 fully saturated rings. The number of phenols is 1. The molecule has 0 bridgehead atoms. The van der Waals surface area contributed by atoms with Crippen LogP contribution in [0.1, 0.15) is 17.5 Å². The van der Waals surface area contributed by atoms with E-state index in [-0.39, 0.29) is 17.3 Å². The quantitative estimate of drug-likeness (QED) is 0.639. The zero-order chi connectivity index (χ0) is 12.0. The van der Waals surface area contributed by atoms with Gasteiger partial charge < -0.3 is 15.3 Å². The average molecular weight is 228 g/mol. The summed E-state index contributed by atoms with van der Waals surface area (Å²) in [5.41, 5.74) is 3.64. The smallest absolute Gasteiger partial charge is 0.127 e. The second-order valence-electron chi connectivity index (χ2n) is 4.35. The van der Waals surface area contributed by atoms with Gasteiger partial charge in [-0.05, 0) is 35.3 Å². The van der Waals surface area contributed by atoms with Crippen molar-refractivity contribution in [3.63, 3.8) is 0 Å². The summed E-state index contributed by atoms with van der Waals surface area (Å²) < 4.78 is 0. The van der Waals surface area contributed by atoms with Crippen LogP contribution in [0.5, 0.6) is 5.75 Å². The van der Waals surface area contributed by atoms with Crippen molar-refractivity contribution in [2.45, 2.75) is 12.8 Å². The van der Waals surface area contributed by atoms with Gasteiger partial charge in [0.05, 0.1) is 0 Å². The van der Waals surface area contributed by atoms with E-state index in [9.17, 15) is 15.3 Å². The van der Waals surface area contributed by atoms with Gasteiger partial charge in [0.2, 0.25) is 0 Å². The van der Waals surface area contributed by atoms with Gasteiger partial charge >= 0.3 is 0 Å². The van der Waals surface area contributed by atoms with E-state index in [4.69, 9.17) is 0 Å². The van der Waals surface area contributed by atoms with Crippen LogP contribution in [0, 0.1) is 0 Å². The van der Waals surface area contributed by atoms with Crippen molar-refractivity contribution in [3.05, 3.63) is 58.6 Å². The largest absolute Gasteiger partial charge is 0.512 e. The lowest BCUT2D eigenvalue weighted by molar-refractivity contribution is 0.377. The molecule has 86 valence electrons. The molecule has 0 aliphatic heterocycles. The number of rotatable bonds is 0. The molecule has 0 unspecified atom stereocenters. The molecule has 0 amide bonds. The summed E-state index contributed by atoms with van der Waals surface area (Å²) >= 11 is 0. The summed E-state index contributed by atoms with van der Waals surface area (Å²) in [6, 6.07) is 5.13. The molecule has 2 aliphatic carbocycles.